The SMILES string of the molecule is CCOC(=O)C1CCc2sc(Nc3ccnn3C)nc21. The maximum absolute atomic E-state index is 11.9. The van der Waals surface area contributed by atoms with Gasteiger partial charge in [0.15, 0.2) is 5.13 Å². The van der Waals surface area contributed by atoms with E-state index in [4.69, 9.17) is 4.74 Å². The molecule has 1 N–H and O–H groups in total. The molecule has 0 spiro atoms. The van der Waals surface area contributed by atoms with Gasteiger partial charge in [-0.15, -0.1) is 11.3 Å². The highest BCUT2D eigenvalue weighted by molar-refractivity contribution is 7.15. The number of carbonyl (C=O) groups excluding carboxylic acids is 1. The third-order valence-corrected chi connectivity index (χ3v) is 4.39. The van der Waals surface area contributed by atoms with Gasteiger partial charge in [-0.2, -0.15) is 5.10 Å². The number of rotatable bonds is 4. The molecule has 106 valence electrons. The molecule has 1 aliphatic carbocycles. The number of esters is 1. The Bertz CT molecular complexity index is 634. The van der Waals surface area contributed by atoms with Crippen LogP contribution in [0.25, 0.3) is 0 Å². The highest BCUT2D eigenvalue weighted by Crippen LogP contribution is 2.39. The van der Waals surface area contributed by atoms with Crippen molar-refractivity contribution in [3.05, 3.63) is 22.8 Å². The Morgan fingerprint density at radius 3 is 3.20 bits per heavy atom. The normalized spacial score (nSPS) is 17.0. The molecule has 6 nitrogen and oxygen atoms in total. The molecule has 0 aromatic carbocycles. The van der Waals surface area contributed by atoms with Crippen LogP contribution in [0, 0.1) is 0 Å². The number of aryl methyl sites for hydroxylation is 2. The number of hydrogen-bond acceptors (Lipinski definition) is 6. The van der Waals surface area contributed by atoms with E-state index in [0.717, 1.165) is 29.5 Å². The number of fused-ring (bicyclic) bond motifs is 1. The van der Waals surface area contributed by atoms with Gasteiger partial charge in [0.05, 0.1) is 18.5 Å². The van der Waals surface area contributed by atoms with Crippen molar-refractivity contribution in [3.8, 4) is 0 Å². The first-order chi connectivity index (χ1) is 9.69. The lowest BCUT2D eigenvalue weighted by Gasteiger charge is -2.08. The third-order valence-electron chi connectivity index (χ3n) is 3.34. The quantitative estimate of drug-likeness (QED) is 0.875. The van der Waals surface area contributed by atoms with E-state index in [9.17, 15) is 4.79 Å². The molecule has 1 atom stereocenters. The molecular formula is C13H16N4O2S. The molecule has 3 rings (SSSR count). The van der Waals surface area contributed by atoms with Crippen LogP contribution in [0.15, 0.2) is 12.3 Å². The summed E-state index contributed by atoms with van der Waals surface area (Å²) < 4.78 is 6.85. The molecule has 0 radical (unpaired) electrons. The van der Waals surface area contributed by atoms with Crippen LogP contribution in [0.1, 0.15) is 29.8 Å². The second kappa shape index (κ2) is 5.24. The van der Waals surface area contributed by atoms with Gasteiger partial charge >= 0.3 is 5.97 Å². The van der Waals surface area contributed by atoms with E-state index in [2.05, 4.69) is 15.4 Å². The van der Waals surface area contributed by atoms with E-state index >= 15 is 0 Å². The molecule has 7 heteroatoms. The third kappa shape index (κ3) is 2.29. The molecule has 0 amide bonds. The maximum Gasteiger partial charge on any atom is 0.315 e. The summed E-state index contributed by atoms with van der Waals surface area (Å²) in [6.45, 7) is 2.24. The Balaban J connectivity index is 1.80. The van der Waals surface area contributed by atoms with E-state index in [-0.39, 0.29) is 11.9 Å². The molecule has 20 heavy (non-hydrogen) atoms. The van der Waals surface area contributed by atoms with Gasteiger partial charge in [-0.25, -0.2) is 4.98 Å². The summed E-state index contributed by atoms with van der Waals surface area (Å²) in [5.74, 6) is 0.511. The number of ether oxygens (including phenoxy) is 1. The first kappa shape index (κ1) is 13.1. The molecule has 0 saturated heterocycles. The van der Waals surface area contributed by atoms with Crippen molar-refractivity contribution in [2.24, 2.45) is 7.05 Å². The number of nitrogens with zero attached hydrogens (tertiary/aromatic N) is 3. The Morgan fingerprint density at radius 2 is 2.50 bits per heavy atom. The van der Waals surface area contributed by atoms with Gasteiger partial charge in [0.1, 0.15) is 11.7 Å². The molecule has 0 aliphatic heterocycles. The first-order valence-electron chi connectivity index (χ1n) is 6.60. The molecule has 1 unspecified atom stereocenters. The van der Waals surface area contributed by atoms with Crippen molar-refractivity contribution >= 4 is 28.3 Å². The zero-order valence-corrected chi connectivity index (χ0v) is 12.2. The van der Waals surface area contributed by atoms with E-state index in [0.29, 0.717) is 6.61 Å². The van der Waals surface area contributed by atoms with Crippen molar-refractivity contribution < 1.29 is 9.53 Å². The highest BCUT2D eigenvalue weighted by atomic mass is 32.1. The smallest absolute Gasteiger partial charge is 0.315 e. The monoisotopic (exact) mass is 292 g/mol. The van der Waals surface area contributed by atoms with E-state index < -0.39 is 0 Å². The van der Waals surface area contributed by atoms with Crippen LogP contribution in [-0.2, 0) is 23.0 Å². The van der Waals surface area contributed by atoms with Gasteiger partial charge in [0.25, 0.3) is 0 Å². The van der Waals surface area contributed by atoms with Crippen LogP contribution in [0.5, 0.6) is 0 Å². The summed E-state index contributed by atoms with van der Waals surface area (Å²) in [5.41, 5.74) is 0.873. The van der Waals surface area contributed by atoms with Gasteiger partial charge in [-0.3, -0.25) is 9.48 Å². The van der Waals surface area contributed by atoms with Gasteiger partial charge in [-0.1, -0.05) is 0 Å². The van der Waals surface area contributed by atoms with Crippen molar-refractivity contribution in [1.82, 2.24) is 14.8 Å². The second-order valence-electron chi connectivity index (χ2n) is 4.64. The Labute approximate surface area is 120 Å². The predicted molar refractivity (Wildman–Crippen MR) is 76.3 cm³/mol. The molecular weight excluding hydrogens is 276 g/mol. The van der Waals surface area contributed by atoms with E-state index in [1.165, 1.54) is 4.88 Å². The lowest BCUT2D eigenvalue weighted by molar-refractivity contribution is -0.145. The molecule has 0 bridgehead atoms. The highest BCUT2D eigenvalue weighted by Gasteiger charge is 2.33. The number of nitrogens with one attached hydrogen (secondary N) is 1. The molecule has 0 saturated carbocycles. The van der Waals surface area contributed by atoms with Crippen LogP contribution in [0.3, 0.4) is 0 Å². The number of carbonyl (C=O) groups is 1. The van der Waals surface area contributed by atoms with Crippen LogP contribution in [0.2, 0.25) is 0 Å². The van der Waals surface area contributed by atoms with Gasteiger partial charge in [0, 0.05) is 18.0 Å². The Hall–Kier alpha value is -1.89. The average molecular weight is 292 g/mol. The average Bonchev–Trinajstić information content (AvgIpc) is 3.07. The molecule has 2 aromatic heterocycles. The largest absolute Gasteiger partial charge is 0.465 e. The van der Waals surface area contributed by atoms with Crippen molar-refractivity contribution in [2.45, 2.75) is 25.7 Å². The summed E-state index contributed by atoms with van der Waals surface area (Å²) in [7, 11) is 1.87. The van der Waals surface area contributed by atoms with Gasteiger partial charge in [0.2, 0.25) is 0 Å². The fourth-order valence-corrected chi connectivity index (χ4v) is 3.40. The standard InChI is InChI=1S/C13H16N4O2S/c1-3-19-12(18)8-4-5-9-11(8)16-13(20-9)15-10-6-7-14-17(10)2/h6-8H,3-5H2,1-2H3,(H,15,16). The second-order valence-corrected chi connectivity index (χ2v) is 5.72. The molecule has 0 fully saturated rings. The molecule has 2 aromatic rings. The van der Waals surface area contributed by atoms with Crippen LogP contribution in [-0.4, -0.2) is 27.3 Å². The lowest BCUT2D eigenvalue weighted by atomic mass is 10.1. The molecule has 2 heterocycles. The minimum absolute atomic E-state index is 0.163. The minimum atomic E-state index is -0.205. The first-order valence-corrected chi connectivity index (χ1v) is 7.42. The zero-order chi connectivity index (χ0) is 14.1. The Kier molecular flexibility index (Phi) is 3.43. The Morgan fingerprint density at radius 1 is 1.65 bits per heavy atom. The fraction of sp³-hybridized carbons (Fsp3) is 0.462. The fourth-order valence-electron chi connectivity index (χ4n) is 2.36. The van der Waals surface area contributed by atoms with Crippen molar-refractivity contribution in [2.75, 3.05) is 11.9 Å². The summed E-state index contributed by atoms with van der Waals surface area (Å²) in [6.07, 6.45) is 3.42. The lowest BCUT2D eigenvalue weighted by Crippen LogP contribution is -2.14. The summed E-state index contributed by atoms with van der Waals surface area (Å²) in [5, 5.41) is 8.13. The number of anilines is 2. The molecule has 1 aliphatic rings. The zero-order valence-electron chi connectivity index (χ0n) is 11.4. The van der Waals surface area contributed by atoms with Gasteiger partial charge in [-0.05, 0) is 19.8 Å². The summed E-state index contributed by atoms with van der Waals surface area (Å²) in [6, 6.07) is 1.88. The van der Waals surface area contributed by atoms with Crippen molar-refractivity contribution in [3.63, 3.8) is 0 Å². The predicted octanol–water partition coefficient (Wildman–Crippen LogP) is 2.21. The number of aromatic nitrogens is 3. The van der Waals surface area contributed by atoms with Gasteiger partial charge < -0.3 is 10.1 Å². The number of thiazole rings is 1. The van der Waals surface area contributed by atoms with E-state index in [1.807, 2.05) is 20.0 Å². The topological polar surface area (TPSA) is 69.0 Å². The van der Waals surface area contributed by atoms with Crippen LogP contribution < -0.4 is 5.32 Å². The van der Waals surface area contributed by atoms with E-state index in [1.54, 1.807) is 22.2 Å². The summed E-state index contributed by atoms with van der Waals surface area (Å²) in [4.78, 5) is 17.6. The van der Waals surface area contributed by atoms with Crippen LogP contribution >= 0.6 is 11.3 Å². The summed E-state index contributed by atoms with van der Waals surface area (Å²) >= 11 is 1.60. The maximum atomic E-state index is 11.9. The van der Waals surface area contributed by atoms with Crippen LogP contribution in [0.4, 0.5) is 10.9 Å². The number of hydrogen-bond donors (Lipinski definition) is 1. The minimum Gasteiger partial charge on any atom is -0.465 e. The van der Waals surface area contributed by atoms with Crippen molar-refractivity contribution in [1.29, 1.82) is 0 Å².